The van der Waals surface area contributed by atoms with E-state index in [9.17, 15) is 4.79 Å². The van der Waals surface area contributed by atoms with E-state index in [2.05, 4.69) is 5.32 Å². The molecule has 2 aromatic carbocycles. The van der Waals surface area contributed by atoms with Gasteiger partial charge in [-0.3, -0.25) is 4.79 Å². The van der Waals surface area contributed by atoms with E-state index in [4.69, 9.17) is 18.9 Å². The molecular weight excluding hydrogens is 346 g/mol. The first-order valence-corrected chi connectivity index (χ1v) is 9.17. The minimum atomic E-state index is -0.246. The zero-order valence-corrected chi connectivity index (χ0v) is 15.7. The van der Waals surface area contributed by atoms with Gasteiger partial charge in [0.25, 0.3) is 5.91 Å². The number of ether oxygens (including phenoxy) is 4. The molecule has 0 aromatic heterocycles. The number of anilines is 1. The molecule has 6 heteroatoms. The summed E-state index contributed by atoms with van der Waals surface area (Å²) in [5, 5.41) is 2.88. The Bertz CT molecular complexity index is 771. The normalized spacial score (nSPS) is 16.0. The first kappa shape index (κ1) is 19.0. The average molecular weight is 371 g/mol. The molecule has 1 amide bonds. The van der Waals surface area contributed by atoms with E-state index in [-0.39, 0.29) is 12.0 Å². The van der Waals surface area contributed by atoms with Crippen LogP contribution in [0.2, 0.25) is 0 Å². The van der Waals surface area contributed by atoms with Crippen LogP contribution in [0.5, 0.6) is 17.2 Å². The second-order valence-corrected chi connectivity index (χ2v) is 6.19. The van der Waals surface area contributed by atoms with Crippen LogP contribution in [0, 0.1) is 0 Å². The van der Waals surface area contributed by atoms with Crippen molar-refractivity contribution < 1.29 is 23.7 Å². The van der Waals surface area contributed by atoms with Crippen LogP contribution in [0.3, 0.4) is 0 Å². The van der Waals surface area contributed by atoms with Crippen LogP contribution in [0.4, 0.5) is 5.69 Å². The number of benzene rings is 2. The topological polar surface area (TPSA) is 66.0 Å². The fraction of sp³-hybridized carbons (Fsp3) is 0.381. The highest BCUT2D eigenvalue weighted by molar-refractivity contribution is 6.06. The Morgan fingerprint density at radius 1 is 1.15 bits per heavy atom. The quantitative estimate of drug-likeness (QED) is 0.762. The van der Waals surface area contributed by atoms with Gasteiger partial charge in [-0.25, -0.2) is 0 Å². The van der Waals surface area contributed by atoms with E-state index >= 15 is 0 Å². The van der Waals surface area contributed by atoms with Gasteiger partial charge in [0.1, 0.15) is 12.4 Å². The second kappa shape index (κ2) is 9.28. The van der Waals surface area contributed by atoms with Crippen LogP contribution in [-0.2, 0) is 4.74 Å². The van der Waals surface area contributed by atoms with Crippen molar-refractivity contribution in [3.63, 3.8) is 0 Å². The summed E-state index contributed by atoms with van der Waals surface area (Å²) in [6.45, 7) is 3.66. The molecule has 6 nitrogen and oxygen atoms in total. The summed E-state index contributed by atoms with van der Waals surface area (Å²) in [6, 6.07) is 12.5. The van der Waals surface area contributed by atoms with Crippen molar-refractivity contribution in [3.8, 4) is 17.2 Å². The minimum Gasteiger partial charge on any atom is -0.493 e. The van der Waals surface area contributed by atoms with Crippen LogP contribution in [0.15, 0.2) is 42.5 Å². The van der Waals surface area contributed by atoms with Crippen molar-refractivity contribution >= 4 is 11.6 Å². The van der Waals surface area contributed by atoms with Gasteiger partial charge < -0.3 is 24.3 Å². The lowest BCUT2D eigenvalue weighted by Crippen LogP contribution is -2.19. The van der Waals surface area contributed by atoms with Gasteiger partial charge >= 0.3 is 0 Å². The Kier molecular flexibility index (Phi) is 6.54. The lowest BCUT2D eigenvalue weighted by molar-refractivity contribution is 0.0673. The third-order valence-electron chi connectivity index (χ3n) is 4.30. The highest BCUT2D eigenvalue weighted by atomic mass is 16.5. The van der Waals surface area contributed by atoms with Crippen molar-refractivity contribution in [2.24, 2.45) is 0 Å². The van der Waals surface area contributed by atoms with Crippen LogP contribution in [0.1, 0.15) is 30.1 Å². The molecule has 2 aromatic rings. The smallest absolute Gasteiger partial charge is 0.259 e. The molecular formula is C21H25NO5. The molecule has 1 aliphatic heterocycles. The maximum absolute atomic E-state index is 12.7. The first-order valence-electron chi connectivity index (χ1n) is 9.17. The summed E-state index contributed by atoms with van der Waals surface area (Å²) in [4.78, 5) is 12.7. The molecule has 1 heterocycles. The molecule has 0 bridgehead atoms. The number of para-hydroxylation sites is 1. The highest BCUT2D eigenvalue weighted by Gasteiger charge is 2.18. The standard InChI is InChI=1S/C21H25NO5/c1-3-25-19-11-10-15(13-20(19)24-2)22-21(23)17-8-4-5-9-18(17)27-14-16-7-6-12-26-16/h4-5,8-11,13,16H,3,6-7,12,14H2,1-2H3,(H,22,23). The van der Waals surface area contributed by atoms with E-state index in [1.807, 2.05) is 19.1 Å². The first-order chi connectivity index (χ1) is 13.2. The second-order valence-electron chi connectivity index (χ2n) is 6.19. The summed E-state index contributed by atoms with van der Waals surface area (Å²) >= 11 is 0. The summed E-state index contributed by atoms with van der Waals surface area (Å²) in [7, 11) is 1.57. The molecule has 1 unspecified atom stereocenters. The van der Waals surface area contributed by atoms with Crippen molar-refractivity contribution in [3.05, 3.63) is 48.0 Å². The monoisotopic (exact) mass is 371 g/mol. The molecule has 144 valence electrons. The van der Waals surface area contributed by atoms with Crippen LogP contribution < -0.4 is 19.5 Å². The van der Waals surface area contributed by atoms with Crippen LogP contribution >= 0.6 is 0 Å². The van der Waals surface area contributed by atoms with Gasteiger partial charge in [0.2, 0.25) is 0 Å². The van der Waals surface area contributed by atoms with Gasteiger partial charge in [0, 0.05) is 18.4 Å². The number of hydrogen-bond acceptors (Lipinski definition) is 5. The Morgan fingerprint density at radius 2 is 2.00 bits per heavy atom. The predicted octanol–water partition coefficient (Wildman–Crippen LogP) is 3.90. The number of carbonyl (C=O) groups excluding carboxylic acids is 1. The largest absolute Gasteiger partial charge is 0.493 e. The maximum Gasteiger partial charge on any atom is 0.259 e. The number of rotatable bonds is 8. The lowest BCUT2D eigenvalue weighted by atomic mass is 10.1. The van der Waals surface area contributed by atoms with Crippen molar-refractivity contribution in [1.82, 2.24) is 0 Å². The Balaban J connectivity index is 1.70. The van der Waals surface area contributed by atoms with Crippen LogP contribution in [-0.4, -0.2) is 38.9 Å². The molecule has 27 heavy (non-hydrogen) atoms. The van der Waals surface area contributed by atoms with Crippen molar-refractivity contribution in [2.45, 2.75) is 25.9 Å². The van der Waals surface area contributed by atoms with E-state index in [1.54, 1.807) is 37.4 Å². The zero-order chi connectivity index (χ0) is 19.1. The molecule has 1 N–H and O–H groups in total. The molecule has 0 radical (unpaired) electrons. The van der Waals surface area contributed by atoms with Crippen LogP contribution in [0.25, 0.3) is 0 Å². The average Bonchev–Trinajstić information content (AvgIpc) is 3.21. The minimum absolute atomic E-state index is 0.0940. The van der Waals surface area contributed by atoms with Gasteiger partial charge in [-0.05, 0) is 44.0 Å². The molecule has 1 atom stereocenters. The van der Waals surface area contributed by atoms with E-state index in [0.29, 0.717) is 41.7 Å². The summed E-state index contributed by atoms with van der Waals surface area (Å²) in [6.07, 6.45) is 2.13. The molecule has 0 saturated carbocycles. The predicted molar refractivity (Wildman–Crippen MR) is 103 cm³/mol. The molecule has 1 aliphatic rings. The third kappa shape index (κ3) is 4.92. The zero-order valence-electron chi connectivity index (χ0n) is 15.7. The fourth-order valence-electron chi connectivity index (χ4n) is 2.96. The fourth-order valence-corrected chi connectivity index (χ4v) is 2.96. The van der Waals surface area contributed by atoms with Gasteiger partial charge in [-0.15, -0.1) is 0 Å². The van der Waals surface area contributed by atoms with Crippen molar-refractivity contribution in [1.29, 1.82) is 0 Å². The van der Waals surface area contributed by atoms with E-state index in [1.165, 1.54) is 0 Å². The number of nitrogens with one attached hydrogen (secondary N) is 1. The van der Waals surface area contributed by atoms with E-state index < -0.39 is 0 Å². The Hall–Kier alpha value is -2.73. The molecule has 1 saturated heterocycles. The summed E-state index contributed by atoms with van der Waals surface area (Å²) in [5.74, 6) is 1.50. The summed E-state index contributed by atoms with van der Waals surface area (Å²) < 4.78 is 22.3. The van der Waals surface area contributed by atoms with Crippen molar-refractivity contribution in [2.75, 3.05) is 32.2 Å². The number of carbonyl (C=O) groups is 1. The molecule has 0 aliphatic carbocycles. The number of hydrogen-bond donors (Lipinski definition) is 1. The highest BCUT2D eigenvalue weighted by Crippen LogP contribution is 2.31. The molecule has 0 spiro atoms. The Morgan fingerprint density at radius 3 is 2.74 bits per heavy atom. The lowest BCUT2D eigenvalue weighted by Gasteiger charge is -2.15. The van der Waals surface area contributed by atoms with Gasteiger partial charge in [-0.1, -0.05) is 12.1 Å². The number of amides is 1. The van der Waals surface area contributed by atoms with E-state index in [0.717, 1.165) is 19.4 Å². The van der Waals surface area contributed by atoms with Gasteiger partial charge in [0.05, 0.1) is 25.4 Å². The molecule has 3 rings (SSSR count). The maximum atomic E-state index is 12.7. The third-order valence-corrected chi connectivity index (χ3v) is 4.30. The summed E-state index contributed by atoms with van der Waals surface area (Å²) in [5.41, 5.74) is 1.09. The van der Waals surface area contributed by atoms with Gasteiger partial charge in [0.15, 0.2) is 11.5 Å². The molecule has 1 fully saturated rings. The number of methoxy groups -OCH3 is 1. The SMILES string of the molecule is CCOc1ccc(NC(=O)c2ccccc2OCC2CCCO2)cc1OC. The van der Waals surface area contributed by atoms with Gasteiger partial charge in [-0.2, -0.15) is 0 Å². The Labute approximate surface area is 159 Å².